The summed E-state index contributed by atoms with van der Waals surface area (Å²) >= 11 is 0. The van der Waals surface area contributed by atoms with E-state index in [0.717, 1.165) is 48.8 Å². The minimum atomic E-state index is -0.0992. The monoisotopic (exact) mass is 405 g/mol. The Morgan fingerprint density at radius 3 is 2.83 bits per heavy atom. The molecule has 2 N–H and O–H groups in total. The van der Waals surface area contributed by atoms with Crippen LogP contribution in [0, 0.1) is 0 Å². The number of H-pyrrole nitrogens is 1. The van der Waals surface area contributed by atoms with Crippen molar-refractivity contribution in [3.63, 3.8) is 0 Å². The number of imidazole rings is 1. The lowest BCUT2D eigenvalue weighted by molar-refractivity contribution is 0.0923. The molecule has 2 aromatic carbocycles. The molecule has 1 amide bonds. The molecule has 30 heavy (non-hydrogen) atoms. The first kappa shape index (κ1) is 18.7. The predicted molar refractivity (Wildman–Crippen MR) is 111 cm³/mol. The number of rotatable bonds is 4. The van der Waals surface area contributed by atoms with Crippen LogP contribution in [0.2, 0.25) is 0 Å². The number of carbonyl (C=O) groups is 2. The molecule has 1 aliphatic carbocycles. The number of ether oxygens (including phenoxy) is 2. The number of benzene rings is 2. The van der Waals surface area contributed by atoms with E-state index in [1.807, 2.05) is 12.1 Å². The summed E-state index contributed by atoms with van der Waals surface area (Å²) in [5.41, 5.74) is 2.94. The Labute approximate surface area is 173 Å². The van der Waals surface area contributed by atoms with Gasteiger partial charge in [-0.05, 0) is 55.7 Å². The summed E-state index contributed by atoms with van der Waals surface area (Å²) in [6, 6.07) is 10.8. The highest BCUT2D eigenvalue weighted by Crippen LogP contribution is 2.34. The maximum Gasteiger partial charge on any atom is 0.251 e. The minimum Gasteiger partial charge on any atom is -0.486 e. The fourth-order valence-electron chi connectivity index (χ4n) is 4.34. The lowest BCUT2D eigenvalue weighted by atomic mass is 9.85. The average Bonchev–Trinajstić information content (AvgIpc) is 3.22. The highest BCUT2D eigenvalue weighted by Gasteiger charge is 2.27. The molecule has 1 aromatic heterocycles. The van der Waals surface area contributed by atoms with Gasteiger partial charge in [-0.15, -0.1) is 0 Å². The topological polar surface area (TPSA) is 93.3 Å². The zero-order chi connectivity index (χ0) is 20.5. The summed E-state index contributed by atoms with van der Waals surface area (Å²) in [6.07, 6.45) is 4.66. The van der Waals surface area contributed by atoms with Gasteiger partial charge in [0.1, 0.15) is 25.3 Å². The van der Waals surface area contributed by atoms with Crippen LogP contribution < -0.4 is 14.8 Å². The first-order valence-corrected chi connectivity index (χ1v) is 10.3. The number of hydrogen-bond donors (Lipinski definition) is 2. The van der Waals surface area contributed by atoms with Crippen molar-refractivity contribution < 1.29 is 19.1 Å². The second-order valence-electron chi connectivity index (χ2n) is 7.91. The largest absolute Gasteiger partial charge is 0.486 e. The number of nitrogens with zero attached hydrogens (tertiary/aromatic N) is 1. The van der Waals surface area contributed by atoms with E-state index in [4.69, 9.17) is 14.5 Å². The van der Waals surface area contributed by atoms with Crippen molar-refractivity contribution in [3.05, 3.63) is 53.3 Å². The summed E-state index contributed by atoms with van der Waals surface area (Å²) < 4.78 is 11.1. The molecule has 3 aromatic rings. The van der Waals surface area contributed by atoms with Crippen molar-refractivity contribution in [2.75, 3.05) is 13.2 Å². The quantitative estimate of drug-likeness (QED) is 0.647. The fourth-order valence-corrected chi connectivity index (χ4v) is 4.34. The number of hydrogen-bond acceptors (Lipinski definition) is 5. The summed E-state index contributed by atoms with van der Waals surface area (Å²) in [6.45, 7) is 1.02. The van der Waals surface area contributed by atoms with Gasteiger partial charge >= 0.3 is 0 Å². The molecular formula is C23H23N3O4. The molecule has 1 aliphatic heterocycles. The van der Waals surface area contributed by atoms with Gasteiger partial charge in [-0.3, -0.25) is 9.59 Å². The third-order valence-electron chi connectivity index (χ3n) is 5.86. The van der Waals surface area contributed by atoms with E-state index >= 15 is 0 Å². The molecule has 0 bridgehead atoms. The first-order chi connectivity index (χ1) is 14.7. The predicted octanol–water partition coefficient (Wildman–Crippen LogP) is 3.60. The summed E-state index contributed by atoms with van der Waals surface area (Å²) in [4.78, 5) is 31.9. The van der Waals surface area contributed by atoms with Crippen molar-refractivity contribution in [2.45, 2.75) is 37.6 Å². The van der Waals surface area contributed by atoms with Gasteiger partial charge in [-0.25, -0.2) is 4.98 Å². The average molecular weight is 405 g/mol. The van der Waals surface area contributed by atoms with Gasteiger partial charge in [-0.2, -0.15) is 0 Å². The molecule has 1 saturated carbocycles. The lowest BCUT2D eigenvalue weighted by Crippen LogP contribution is -2.38. The molecule has 7 heteroatoms. The number of amides is 1. The highest BCUT2D eigenvalue weighted by atomic mass is 16.6. The van der Waals surface area contributed by atoms with Crippen molar-refractivity contribution in [3.8, 4) is 11.5 Å². The molecule has 0 spiro atoms. The van der Waals surface area contributed by atoms with Crippen molar-refractivity contribution in [1.82, 2.24) is 15.3 Å². The van der Waals surface area contributed by atoms with E-state index in [2.05, 4.69) is 10.3 Å². The van der Waals surface area contributed by atoms with Crippen LogP contribution in [0.5, 0.6) is 11.5 Å². The van der Waals surface area contributed by atoms with Crippen molar-refractivity contribution >= 4 is 23.2 Å². The Morgan fingerprint density at radius 1 is 1.10 bits per heavy atom. The van der Waals surface area contributed by atoms with Crippen LogP contribution in [0.1, 0.15) is 58.1 Å². The zero-order valence-corrected chi connectivity index (χ0v) is 16.5. The maximum absolute atomic E-state index is 12.8. The second kappa shape index (κ2) is 7.82. The van der Waals surface area contributed by atoms with Crippen LogP contribution in [0.15, 0.2) is 36.4 Å². The minimum absolute atomic E-state index is 0.0863. The number of fused-ring (bicyclic) bond motifs is 2. The molecule has 0 unspecified atom stereocenters. The number of carbonyl (C=O) groups excluding carboxylic acids is 2. The molecule has 7 nitrogen and oxygen atoms in total. The Balaban J connectivity index is 1.28. The standard InChI is InChI=1S/C23H23N3O4/c27-13-14-4-6-18-19(10-14)26-22(25-18)15-2-1-3-17(11-15)24-23(28)16-5-7-20-21(12-16)30-9-8-29-20/h4-7,10,12-13,15,17H,1-3,8-9,11H2,(H,24,28)(H,25,26)/t15-,17+/m0/s1. The van der Waals surface area contributed by atoms with Crippen LogP contribution in [-0.2, 0) is 0 Å². The molecule has 154 valence electrons. The maximum atomic E-state index is 12.8. The van der Waals surface area contributed by atoms with Gasteiger partial charge in [0, 0.05) is 23.1 Å². The van der Waals surface area contributed by atoms with Crippen LogP contribution in [0.4, 0.5) is 0 Å². The van der Waals surface area contributed by atoms with Crippen LogP contribution in [-0.4, -0.2) is 41.4 Å². The summed E-state index contributed by atoms with van der Waals surface area (Å²) in [5, 5.41) is 3.17. The van der Waals surface area contributed by atoms with E-state index in [0.29, 0.717) is 35.8 Å². The van der Waals surface area contributed by atoms with E-state index in [1.54, 1.807) is 24.3 Å². The number of aromatic nitrogens is 2. The molecular weight excluding hydrogens is 382 g/mol. The van der Waals surface area contributed by atoms with Crippen LogP contribution >= 0.6 is 0 Å². The lowest BCUT2D eigenvalue weighted by Gasteiger charge is -2.29. The van der Waals surface area contributed by atoms with Gasteiger partial charge in [0.05, 0.1) is 11.0 Å². The molecule has 1 fully saturated rings. The van der Waals surface area contributed by atoms with Gasteiger partial charge in [0.15, 0.2) is 11.5 Å². The molecule has 0 radical (unpaired) electrons. The second-order valence-corrected chi connectivity index (χ2v) is 7.91. The van der Waals surface area contributed by atoms with Crippen molar-refractivity contribution in [1.29, 1.82) is 0 Å². The molecule has 5 rings (SSSR count). The fraction of sp³-hybridized carbons (Fsp3) is 0.348. The van der Waals surface area contributed by atoms with Crippen molar-refractivity contribution in [2.24, 2.45) is 0 Å². The first-order valence-electron chi connectivity index (χ1n) is 10.3. The van der Waals surface area contributed by atoms with Gasteiger partial charge < -0.3 is 19.8 Å². The van der Waals surface area contributed by atoms with Crippen LogP contribution in [0.3, 0.4) is 0 Å². The van der Waals surface area contributed by atoms with Gasteiger partial charge in [0.2, 0.25) is 0 Å². The smallest absolute Gasteiger partial charge is 0.251 e. The molecule has 2 atom stereocenters. The summed E-state index contributed by atoms with van der Waals surface area (Å²) in [7, 11) is 0. The van der Waals surface area contributed by atoms with Gasteiger partial charge in [0.25, 0.3) is 5.91 Å². The van der Waals surface area contributed by atoms with E-state index < -0.39 is 0 Å². The summed E-state index contributed by atoms with van der Waals surface area (Å²) in [5.74, 6) is 2.37. The Bertz CT molecular complexity index is 1110. The van der Waals surface area contributed by atoms with E-state index in [9.17, 15) is 9.59 Å². The van der Waals surface area contributed by atoms with E-state index in [1.165, 1.54) is 0 Å². The van der Waals surface area contributed by atoms with E-state index in [-0.39, 0.29) is 17.9 Å². The van der Waals surface area contributed by atoms with Gasteiger partial charge in [-0.1, -0.05) is 6.42 Å². The number of nitrogens with one attached hydrogen (secondary N) is 2. The number of aldehydes is 1. The Morgan fingerprint density at radius 2 is 1.97 bits per heavy atom. The SMILES string of the molecule is O=Cc1ccc2nc([C@H]3CCC[C@@H](NC(=O)c4ccc5c(c4)OCCO5)C3)[nH]c2c1. The molecule has 2 heterocycles. The molecule has 2 aliphatic rings. The Hall–Kier alpha value is -3.35. The highest BCUT2D eigenvalue weighted by molar-refractivity contribution is 5.95. The van der Waals surface area contributed by atoms with Crippen LogP contribution in [0.25, 0.3) is 11.0 Å². The third kappa shape index (κ3) is 3.63. The Kier molecular flexibility index (Phi) is 4.86. The number of aromatic amines is 1. The third-order valence-corrected chi connectivity index (χ3v) is 5.86. The molecule has 0 saturated heterocycles. The zero-order valence-electron chi connectivity index (χ0n) is 16.5. The normalized spacial score (nSPS) is 20.7.